The Morgan fingerprint density at radius 2 is 1.95 bits per heavy atom. The average Bonchev–Trinajstić information content (AvgIpc) is 2.74. The summed E-state index contributed by atoms with van der Waals surface area (Å²) in [6.07, 6.45) is 3.26. The minimum Gasteiger partial charge on any atom is -0.340 e. The first-order chi connectivity index (χ1) is 10.0. The van der Waals surface area contributed by atoms with Crippen LogP contribution in [0.3, 0.4) is 0 Å². The Morgan fingerprint density at radius 1 is 1.19 bits per heavy atom. The quantitative estimate of drug-likeness (QED) is 0.784. The van der Waals surface area contributed by atoms with Gasteiger partial charge in [0.2, 0.25) is 0 Å². The van der Waals surface area contributed by atoms with Crippen LogP contribution in [0, 0.1) is 13.8 Å². The number of nitrogens with zero attached hydrogens (tertiary/aromatic N) is 2. The van der Waals surface area contributed by atoms with Crippen LogP contribution in [0.15, 0.2) is 12.1 Å². The Bertz CT molecular complexity index is 712. The van der Waals surface area contributed by atoms with E-state index in [4.69, 9.17) is 0 Å². The second-order valence-electron chi connectivity index (χ2n) is 6.23. The third kappa shape index (κ3) is 2.15. The van der Waals surface area contributed by atoms with Crippen molar-refractivity contribution in [3.8, 4) is 0 Å². The van der Waals surface area contributed by atoms with Gasteiger partial charge in [0.1, 0.15) is 5.69 Å². The van der Waals surface area contributed by atoms with Crippen LogP contribution >= 0.6 is 0 Å². The van der Waals surface area contributed by atoms with Crippen LogP contribution in [-0.2, 0) is 13.0 Å². The predicted molar refractivity (Wildman–Crippen MR) is 87.0 cm³/mol. The van der Waals surface area contributed by atoms with Crippen molar-refractivity contribution in [2.45, 2.75) is 46.6 Å². The summed E-state index contributed by atoms with van der Waals surface area (Å²) in [4.78, 5) is 14.7. The lowest BCUT2D eigenvalue weighted by atomic mass is 9.99. The van der Waals surface area contributed by atoms with Crippen molar-refractivity contribution < 1.29 is 4.79 Å². The molecule has 3 nitrogen and oxygen atoms in total. The van der Waals surface area contributed by atoms with Gasteiger partial charge in [0.05, 0.1) is 5.52 Å². The lowest BCUT2D eigenvalue weighted by molar-refractivity contribution is 0.0777. The first-order valence-electron chi connectivity index (χ1n) is 7.92. The van der Waals surface area contributed by atoms with Gasteiger partial charge in [-0.05, 0) is 57.2 Å². The first kappa shape index (κ1) is 14.2. The van der Waals surface area contributed by atoms with Gasteiger partial charge in [-0.3, -0.25) is 4.79 Å². The topological polar surface area (TPSA) is 25.2 Å². The summed E-state index contributed by atoms with van der Waals surface area (Å²) >= 11 is 0. The van der Waals surface area contributed by atoms with E-state index in [0.29, 0.717) is 0 Å². The molecule has 0 saturated carbocycles. The van der Waals surface area contributed by atoms with E-state index in [-0.39, 0.29) is 5.91 Å². The van der Waals surface area contributed by atoms with Crippen molar-refractivity contribution in [1.82, 2.24) is 9.47 Å². The van der Waals surface area contributed by atoms with Crippen molar-refractivity contribution in [2.75, 3.05) is 13.6 Å². The maximum Gasteiger partial charge on any atom is 0.270 e. The van der Waals surface area contributed by atoms with Crippen LogP contribution in [0.4, 0.5) is 0 Å². The molecule has 0 N–H and O–H groups in total. The molecule has 0 unspecified atom stereocenters. The molecule has 1 amide bonds. The Kier molecular flexibility index (Phi) is 3.52. The van der Waals surface area contributed by atoms with Crippen LogP contribution in [0.2, 0.25) is 0 Å². The Balaban J connectivity index is 2.39. The molecule has 1 aromatic carbocycles. The van der Waals surface area contributed by atoms with E-state index < -0.39 is 0 Å². The van der Waals surface area contributed by atoms with Crippen LogP contribution in [0.5, 0.6) is 0 Å². The summed E-state index contributed by atoms with van der Waals surface area (Å²) in [7, 11) is 1.92. The van der Waals surface area contributed by atoms with Gasteiger partial charge in [-0.15, -0.1) is 0 Å². The van der Waals surface area contributed by atoms with Crippen molar-refractivity contribution >= 4 is 16.8 Å². The molecule has 0 saturated heterocycles. The molecule has 2 heterocycles. The van der Waals surface area contributed by atoms with Gasteiger partial charge in [-0.2, -0.15) is 0 Å². The van der Waals surface area contributed by atoms with E-state index >= 15 is 0 Å². The highest BCUT2D eigenvalue weighted by molar-refractivity contribution is 6.02. The monoisotopic (exact) mass is 284 g/mol. The molecule has 1 aliphatic rings. The van der Waals surface area contributed by atoms with E-state index in [1.807, 2.05) is 11.9 Å². The maximum absolute atomic E-state index is 12.8. The molecule has 0 spiro atoms. The van der Waals surface area contributed by atoms with Crippen LogP contribution in [0.1, 0.15) is 46.9 Å². The molecule has 0 bridgehead atoms. The summed E-state index contributed by atoms with van der Waals surface area (Å²) in [6, 6.07) is 4.47. The molecule has 21 heavy (non-hydrogen) atoms. The number of carbonyl (C=O) groups is 1. The number of aryl methyl sites for hydroxylation is 4. The molecule has 0 radical (unpaired) electrons. The molecule has 0 aliphatic carbocycles. The van der Waals surface area contributed by atoms with Gasteiger partial charge in [0.15, 0.2) is 0 Å². The highest BCUT2D eigenvalue weighted by atomic mass is 16.2. The zero-order valence-electron chi connectivity index (χ0n) is 13.5. The Hall–Kier alpha value is -1.77. The van der Waals surface area contributed by atoms with Gasteiger partial charge in [0.25, 0.3) is 5.91 Å². The molecule has 2 aromatic rings. The molecule has 112 valence electrons. The van der Waals surface area contributed by atoms with Crippen LogP contribution in [0.25, 0.3) is 10.9 Å². The average molecular weight is 284 g/mol. The fraction of sp³-hybridized carbons (Fsp3) is 0.500. The highest BCUT2D eigenvalue weighted by Gasteiger charge is 2.26. The first-order valence-corrected chi connectivity index (χ1v) is 7.92. The lowest BCUT2D eigenvalue weighted by Crippen LogP contribution is -2.31. The second kappa shape index (κ2) is 5.21. The zero-order valence-corrected chi connectivity index (χ0v) is 13.5. The molecular weight excluding hydrogens is 260 g/mol. The molecule has 1 aliphatic heterocycles. The number of rotatable bonds is 1. The number of aromatic nitrogens is 1. The smallest absolute Gasteiger partial charge is 0.270 e. The molecular formula is C18H24N2O. The summed E-state index contributed by atoms with van der Waals surface area (Å²) < 4.78 is 2.23. The number of hydrogen-bond donors (Lipinski definition) is 0. The predicted octanol–water partition coefficient (Wildman–Crippen LogP) is 3.69. The van der Waals surface area contributed by atoms with E-state index in [2.05, 4.69) is 37.5 Å². The van der Waals surface area contributed by atoms with Crippen LogP contribution in [-0.4, -0.2) is 29.0 Å². The summed E-state index contributed by atoms with van der Waals surface area (Å²) in [6.45, 7) is 8.13. The third-order valence-electron chi connectivity index (χ3n) is 4.63. The van der Waals surface area contributed by atoms with Crippen molar-refractivity contribution in [2.24, 2.45) is 0 Å². The number of fused-ring (bicyclic) bond motifs is 3. The van der Waals surface area contributed by atoms with E-state index in [1.54, 1.807) is 0 Å². The molecule has 3 rings (SSSR count). The summed E-state index contributed by atoms with van der Waals surface area (Å²) in [5.41, 5.74) is 5.98. The standard InChI is InChI=1S/C18H24N2O/c1-5-20-16-13(3)10-12(2)11-15(16)14-8-6-7-9-19(4)18(21)17(14)20/h10-11H,5-9H2,1-4H3. The third-order valence-corrected chi connectivity index (χ3v) is 4.63. The van der Waals surface area contributed by atoms with Crippen LogP contribution < -0.4 is 0 Å². The summed E-state index contributed by atoms with van der Waals surface area (Å²) in [5.74, 6) is 0.180. The SMILES string of the molecule is CCn1c2c(c3cc(C)cc(C)c31)CCCCN(C)C2=O. The normalized spacial score (nSPS) is 16.0. The van der Waals surface area contributed by atoms with Crippen molar-refractivity contribution in [3.63, 3.8) is 0 Å². The van der Waals surface area contributed by atoms with Gasteiger partial charge in [-0.25, -0.2) is 0 Å². The lowest BCUT2D eigenvalue weighted by Gasteiger charge is -2.22. The van der Waals surface area contributed by atoms with Crippen molar-refractivity contribution in [3.05, 3.63) is 34.5 Å². The highest BCUT2D eigenvalue weighted by Crippen LogP contribution is 2.32. The van der Waals surface area contributed by atoms with Gasteiger partial charge < -0.3 is 9.47 Å². The Labute approximate surface area is 126 Å². The van der Waals surface area contributed by atoms with Crippen molar-refractivity contribution in [1.29, 1.82) is 0 Å². The van der Waals surface area contributed by atoms with E-state index in [0.717, 1.165) is 38.0 Å². The number of benzene rings is 1. The largest absolute Gasteiger partial charge is 0.340 e. The fourth-order valence-corrected chi connectivity index (χ4v) is 3.70. The van der Waals surface area contributed by atoms with Gasteiger partial charge in [-0.1, -0.05) is 11.6 Å². The number of hydrogen-bond acceptors (Lipinski definition) is 1. The molecule has 0 atom stereocenters. The molecule has 1 aromatic heterocycles. The van der Waals surface area contributed by atoms with Gasteiger partial charge in [0, 0.05) is 25.5 Å². The van der Waals surface area contributed by atoms with E-state index in [9.17, 15) is 4.79 Å². The maximum atomic E-state index is 12.8. The minimum atomic E-state index is 0.180. The number of carbonyl (C=O) groups excluding carboxylic acids is 1. The second-order valence-corrected chi connectivity index (χ2v) is 6.23. The fourth-order valence-electron chi connectivity index (χ4n) is 3.70. The molecule has 0 fully saturated rings. The van der Waals surface area contributed by atoms with E-state index in [1.165, 1.54) is 27.6 Å². The zero-order chi connectivity index (χ0) is 15.1. The Morgan fingerprint density at radius 3 is 2.67 bits per heavy atom. The number of amides is 1. The minimum absolute atomic E-state index is 0.180. The summed E-state index contributed by atoms with van der Waals surface area (Å²) in [5, 5.41) is 1.29. The van der Waals surface area contributed by atoms with Gasteiger partial charge >= 0.3 is 0 Å². The molecule has 3 heteroatoms.